The summed E-state index contributed by atoms with van der Waals surface area (Å²) in [6.07, 6.45) is 7.68. The minimum atomic E-state index is 0.570. The molecule has 1 atom stereocenters. The molecule has 1 aliphatic rings. The van der Waals surface area contributed by atoms with Gasteiger partial charge in [0.05, 0.1) is 11.7 Å². The van der Waals surface area contributed by atoms with Gasteiger partial charge in [-0.15, -0.1) is 0 Å². The third-order valence-electron chi connectivity index (χ3n) is 3.83. The normalized spacial score (nSPS) is 20.4. The van der Waals surface area contributed by atoms with Gasteiger partial charge < -0.3 is 15.5 Å². The van der Waals surface area contributed by atoms with E-state index in [1.807, 2.05) is 6.20 Å². The molecule has 18 heavy (non-hydrogen) atoms. The van der Waals surface area contributed by atoms with E-state index in [1.54, 1.807) is 0 Å². The van der Waals surface area contributed by atoms with Gasteiger partial charge in [0.15, 0.2) is 0 Å². The van der Waals surface area contributed by atoms with Crippen molar-refractivity contribution in [3.63, 3.8) is 0 Å². The molecule has 3 heterocycles. The Hall–Kier alpha value is -1.39. The van der Waals surface area contributed by atoms with Crippen LogP contribution >= 0.6 is 0 Å². The number of hydrogen-bond acceptors (Lipinski definition) is 3. The van der Waals surface area contributed by atoms with Crippen molar-refractivity contribution in [3.8, 4) is 0 Å². The number of nitrogens with two attached hydrogens (primary N) is 1. The van der Waals surface area contributed by atoms with Gasteiger partial charge in [-0.25, -0.2) is 4.98 Å². The molecule has 1 saturated heterocycles. The lowest BCUT2D eigenvalue weighted by molar-refractivity contribution is 0.370. The summed E-state index contributed by atoms with van der Waals surface area (Å²) in [6.45, 7) is 2.85. The number of fused-ring (bicyclic) bond motifs is 1. The lowest BCUT2D eigenvalue weighted by atomic mass is 9.96. The molecule has 0 bridgehead atoms. The summed E-state index contributed by atoms with van der Waals surface area (Å²) in [4.78, 5) is 4.58. The zero-order chi connectivity index (χ0) is 12.4. The number of hydrogen-bond donors (Lipinski definition) is 2. The first-order valence-electron chi connectivity index (χ1n) is 6.73. The lowest BCUT2D eigenvalue weighted by Gasteiger charge is -2.22. The Morgan fingerprint density at radius 2 is 2.44 bits per heavy atom. The van der Waals surface area contributed by atoms with Crippen molar-refractivity contribution in [1.29, 1.82) is 0 Å². The Balaban J connectivity index is 1.88. The van der Waals surface area contributed by atoms with E-state index >= 15 is 0 Å². The molecular weight excluding hydrogens is 224 g/mol. The number of nitrogens with one attached hydrogen (secondary N) is 1. The molecule has 0 aromatic carbocycles. The molecular formula is C14H20N4. The summed E-state index contributed by atoms with van der Waals surface area (Å²) in [6, 6.07) is 4.13. The second kappa shape index (κ2) is 5.08. The number of nitrogens with zero attached hydrogens (tertiary/aromatic N) is 2. The second-order valence-corrected chi connectivity index (χ2v) is 5.08. The van der Waals surface area contributed by atoms with Crippen LogP contribution in [0, 0.1) is 5.92 Å². The van der Waals surface area contributed by atoms with Gasteiger partial charge >= 0.3 is 0 Å². The molecule has 4 heteroatoms. The summed E-state index contributed by atoms with van der Waals surface area (Å²) in [5.74, 6) is 1.87. The van der Waals surface area contributed by atoms with Crippen molar-refractivity contribution in [2.75, 3.05) is 13.1 Å². The molecule has 3 N–H and O–H groups in total. The Morgan fingerprint density at radius 3 is 3.22 bits per heavy atom. The van der Waals surface area contributed by atoms with E-state index in [2.05, 4.69) is 33.0 Å². The van der Waals surface area contributed by atoms with E-state index in [0.717, 1.165) is 36.4 Å². The first-order chi connectivity index (χ1) is 8.88. The highest BCUT2D eigenvalue weighted by Crippen LogP contribution is 2.18. The smallest absolute Gasteiger partial charge is 0.113 e. The molecule has 1 fully saturated rings. The highest BCUT2D eigenvalue weighted by atomic mass is 15.0. The average Bonchev–Trinajstić information content (AvgIpc) is 2.83. The number of imidazole rings is 1. The molecule has 0 amide bonds. The molecule has 3 rings (SSSR count). The molecule has 2 aromatic heterocycles. The van der Waals surface area contributed by atoms with Crippen LogP contribution in [0.1, 0.15) is 24.2 Å². The van der Waals surface area contributed by atoms with Crippen LogP contribution in [-0.2, 0) is 13.0 Å². The maximum absolute atomic E-state index is 5.76. The number of aromatic nitrogens is 2. The minimum absolute atomic E-state index is 0.570. The van der Waals surface area contributed by atoms with Crippen LogP contribution in [0.2, 0.25) is 0 Å². The van der Waals surface area contributed by atoms with Gasteiger partial charge in [0.25, 0.3) is 0 Å². The van der Waals surface area contributed by atoms with E-state index in [9.17, 15) is 0 Å². The van der Waals surface area contributed by atoms with Crippen molar-refractivity contribution >= 4 is 5.52 Å². The summed E-state index contributed by atoms with van der Waals surface area (Å²) in [7, 11) is 0. The van der Waals surface area contributed by atoms with Crippen molar-refractivity contribution in [3.05, 3.63) is 35.9 Å². The second-order valence-electron chi connectivity index (χ2n) is 5.08. The van der Waals surface area contributed by atoms with E-state index in [-0.39, 0.29) is 0 Å². The number of rotatable bonds is 3. The van der Waals surface area contributed by atoms with Crippen LogP contribution in [0.4, 0.5) is 0 Å². The van der Waals surface area contributed by atoms with Crippen molar-refractivity contribution in [2.24, 2.45) is 11.7 Å². The van der Waals surface area contributed by atoms with E-state index < -0.39 is 0 Å². The Bertz CT molecular complexity index is 526. The fourth-order valence-corrected chi connectivity index (χ4v) is 2.81. The van der Waals surface area contributed by atoms with E-state index in [1.165, 1.54) is 12.8 Å². The van der Waals surface area contributed by atoms with Gasteiger partial charge in [-0.2, -0.15) is 0 Å². The topological polar surface area (TPSA) is 55.4 Å². The van der Waals surface area contributed by atoms with Crippen molar-refractivity contribution in [1.82, 2.24) is 14.7 Å². The van der Waals surface area contributed by atoms with Crippen molar-refractivity contribution < 1.29 is 0 Å². The minimum Gasteiger partial charge on any atom is -0.326 e. The fraction of sp³-hybridized carbons (Fsp3) is 0.500. The first kappa shape index (κ1) is 11.7. The number of piperidine rings is 1. The summed E-state index contributed by atoms with van der Waals surface area (Å²) >= 11 is 0. The Morgan fingerprint density at radius 1 is 1.50 bits per heavy atom. The lowest BCUT2D eigenvalue weighted by Crippen LogP contribution is -2.31. The predicted molar refractivity (Wildman–Crippen MR) is 72.4 cm³/mol. The Kier molecular flexibility index (Phi) is 3.30. The molecule has 0 saturated carbocycles. The van der Waals surface area contributed by atoms with Crippen LogP contribution in [0.25, 0.3) is 5.52 Å². The maximum Gasteiger partial charge on any atom is 0.113 e. The number of pyridine rings is 1. The van der Waals surface area contributed by atoms with Crippen LogP contribution in [0.5, 0.6) is 0 Å². The zero-order valence-electron chi connectivity index (χ0n) is 10.6. The quantitative estimate of drug-likeness (QED) is 0.856. The molecule has 96 valence electrons. The van der Waals surface area contributed by atoms with Crippen LogP contribution in [0.15, 0.2) is 24.5 Å². The van der Waals surface area contributed by atoms with E-state index in [0.29, 0.717) is 12.5 Å². The highest BCUT2D eigenvalue weighted by molar-refractivity contribution is 5.54. The standard InChI is InChI=1S/C14H20N4/c15-8-12-4-2-6-18-13(12)10-17-14(18)7-11-3-1-5-16-9-11/h2,4,6,10-11,16H,1,3,5,7-9,15H2. The SMILES string of the molecule is NCc1cccn2c(CC3CCCNC3)ncc12. The first-order valence-corrected chi connectivity index (χ1v) is 6.73. The fourth-order valence-electron chi connectivity index (χ4n) is 2.81. The van der Waals surface area contributed by atoms with Crippen LogP contribution in [0.3, 0.4) is 0 Å². The average molecular weight is 244 g/mol. The van der Waals surface area contributed by atoms with Gasteiger partial charge in [0, 0.05) is 19.2 Å². The highest BCUT2D eigenvalue weighted by Gasteiger charge is 2.16. The Labute approximate surface area is 107 Å². The van der Waals surface area contributed by atoms with E-state index in [4.69, 9.17) is 5.73 Å². The molecule has 0 aliphatic carbocycles. The molecule has 2 aromatic rings. The molecule has 4 nitrogen and oxygen atoms in total. The third-order valence-corrected chi connectivity index (χ3v) is 3.83. The molecule has 0 radical (unpaired) electrons. The van der Waals surface area contributed by atoms with Gasteiger partial charge in [0.2, 0.25) is 0 Å². The van der Waals surface area contributed by atoms with Crippen molar-refractivity contribution in [2.45, 2.75) is 25.8 Å². The van der Waals surface area contributed by atoms with Gasteiger partial charge in [-0.1, -0.05) is 6.07 Å². The van der Waals surface area contributed by atoms with Gasteiger partial charge in [-0.3, -0.25) is 0 Å². The van der Waals surface area contributed by atoms with Crippen LogP contribution in [-0.4, -0.2) is 22.5 Å². The molecule has 0 spiro atoms. The van der Waals surface area contributed by atoms with Gasteiger partial charge in [-0.05, 0) is 43.5 Å². The largest absolute Gasteiger partial charge is 0.326 e. The molecule has 1 unspecified atom stereocenters. The zero-order valence-corrected chi connectivity index (χ0v) is 10.6. The summed E-state index contributed by atoms with van der Waals surface area (Å²) in [5.41, 5.74) is 8.07. The third kappa shape index (κ3) is 2.13. The molecule has 1 aliphatic heterocycles. The maximum atomic E-state index is 5.76. The monoisotopic (exact) mass is 244 g/mol. The van der Waals surface area contributed by atoms with Crippen LogP contribution < -0.4 is 11.1 Å². The summed E-state index contributed by atoms with van der Waals surface area (Å²) in [5, 5.41) is 3.46. The predicted octanol–water partition coefficient (Wildman–Crippen LogP) is 1.34. The summed E-state index contributed by atoms with van der Waals surface area (Å²) < 4.78 is 2.19. The van der Waals surface area contributed by atoms with Gasteiger partial charge in [0.1, 0.15) is 5.82 Å².